The molecule has 0 heterocycles. The Morgan fingerprint density at radius 3 is 1.38 bits per heavy atom. The van der Waals surface area contributed by atoms with E-state index in [0.717, 1.165) is 6.92 Å². The Balaban J connectivity index is -0.00000000750. The zero-order valence-electron chi connectivity index (χ0n) is 5.19. The van der Waals surface area contributed by atoms with Gasteiger partial charge in [-0.2, -0.15) is 0 Å². The van der Waals surface area contributed by atoms with E-state index >= 15 is 0 Å². The van der Waals surface area contributed by atoms with Crippen LogP contribution in [0.25, 0.3) is 0 Å². The quantitative estimate of drug-likeness (QED) is 0.400. The first-order valence-corrected chi connectivity index (χ1v) is 0.908. The molecule has 0 aliphatic heterocycles. The fraction of sp³-hybridized carbons (Fsp3) is 0.500. The maximum Gasteiger partial charge on any atom is 0.0383 e. The van der Waals surface area contributed by atoms with Crippen molar-refractivity contribution in [3.8, 4) is 0 Å². The van der Waals surface area contributed by atoms with Gasteiger partial charge in [-0.25, -0.2) is 0 Å². The van der Waals surface area contributed by atoms with Crippen molar-refractivity contribution in [3.63, 3.8) is 0 Å². The average molecular weight is 193 g/mol. The molecule has 5 nitrogen and oxygen atoms in total. The number of aliphatic carboxylic acids is 1. The number of carboxylic acid groups (broad SMARTS) is 1. The lowest BCUT2D eigenvalue weighted by Crippen LogP contribution is -3.00. The number of carboxylic acids is 1. The fourth-order valence-electron chi connectivity index (χ4n) is 0. The van der Waals surface area contributed by atoms with E-state index in [2.05, 4.69) is 0 Å². The first-order chi connectivity index (χ1) is 1.73. The van der Waals surface area contributed by atoms with Gasteiger partial charge in [-0.1, -0.05) is 0 Å². The van der Waals surface area contributed by atoms with Gasteiger partial charge in [-0.05, 0) is 6.92 Å². The second kappa shape index (κ2) is 29.0. The topological polar surface area (TPSA) is 145 Å². The summed E-state index contributed by atoms with van der Waals surface area (Å²) in [6, 6.07) is 0. The van der Waals surface area contributed by atoms with Gasteiger partial charge in [0.15, 0.2) is 0 Å². The van der Waals surface area contributed by atoms with Crippen LogP contribution in [0.1, 0.15) is 6.92 Å². The minimum Gasteiger partial charge on any atom is -1.00 e. The van der Waals surface area contributed by atoms with Crippen molar-refractivity contribution in [1.82, 2.24) is 12.3 Å². The summed E-state index contributed by atoms with van der Waals surface area (Å²) in [4.78, 5) is 8.89. The minimum absolute atomic E-state index is 0. The van der Waals surface area contributed by atoms with Gasteiger partial charge in [0.2, 0.25) is 0 Å². The first kappa shape index (κ1) is 45.6. The van der Waals surface area contributed by atoms with Crippen LogP contribution in [0.15, 0.2) is 0 Å². The molecule has 0 unspecified atom stereocenters. The molecule has 6 heteroatoms. The molecule has 0 fully saturated rings. The molecular weight excluding hydrogens is 180 g/mol. The lowest BCUT2D eigenvalue weighted by atomic mass is 10.9. The predicted octanol–water partition coefficient (Wildman–Crippen LogP) is -4.31. The first-order valence-electron chi connectivity index (χ1n) is 0.908. The number of carbonyl (C=O) groups excluding carboxylic acids is 1. The third kappa shape index (κ3) is 4710. The highest BCUT2D eigenvalue weighted by molar-refractivity contribution is 5.60. The van der Waals surface area contributed by atoms with Gasteiger partial charge in [-0.3, -0.25) is 0 Å². The molecule has 0 saturated heterocycles. The molecule has 0 spiro atoms. The number of quaternary nitrogens is 2. The molecule has 0 aliphatic rings. The number of carbonyl (C=O) groups is 1. The molecule has 0 aromatic heterocycles. The molecule has 56 valence electrons. The van der Waals surface area contributed by atoms with Gasteiger partial charge in [0.25, 0.3) is 0 Å². The number of rotatable bonds is 0. The SMILES string of the molecule is CC(=O)[O-].O.[Br-].[NH4+].[NH4+]. The normalized spacial score (nSPS) is 3.12. The van der Waals surface area contributed by atoms with Crippen LogP contribution >= 0.6 is 0 Å². The summed E-state index contributed by atoms with van der Waals surface area (Å²) >= 11 is 0. The molecule has 0 bridgehead atoms. The molecule has 0 atom stereocenters. The molecule has 10 N–H and O–H groups in total. The van der Waals surface area contributed by atoms with Crippen molar-refractivity contribution in [2.45, 2.75) is 6.92 Å². The Bertz CT molecular complexity index is 38.3. The van der Waals surface area contributed by atoms with Gasteiger partial charge >= 0.3 is 0 Å². The van der Waals surface area contributed by atoms with E-state index in [1.807, 2.05) is 0 Å². The van der Waals surface area contributed by atoms with E-state index in [1.54, 1.807) is 0 Å². The molecule has 0 rings (SSSR count). The maximum atomic E-state index is 8.89. The monoisotopic (exact) mass is 192 g/mol. The van der Waals surface area contributed by atoms with Crippen molar-refractivity contribution < 1.29 is 32.4 Å². The summed E-state index contributed by atoms with van der Waals surface area (Å²) in [6.45, 7) is 0.972. The van der Waals surface area contributed by atoms with E-state index < -0.39 is 5.97 Å². The molecule has 0 amide bonds. The number of halogens is 1. The number of hydrogen-bond acceptors (Lipinski definition) is 2. The van der Waals surface area contributed by atoms with Crippen LogP contribution in [-0.4, -0.2) is 11.4 Å². The largest absolute Gasteiger partial charge is 1.00 e. The molecule has 8 heavy (non-hydrogen) atoms. The van der Waals surface area contributed by atoms with Crippen molar-refractivity contribution in [1.29, 1.82) is 0 Å². The Hall–Kier alpha value is -0.170. The summed E-state index contributed by atoms with van der Waals surface area (Å²) < 4.78 is 0. The van der Waals surface area contributed by atoms with Crippen LogP contribution in [0.4, 0.5) is 0 Å². The Morgan fingerprint density at radius 1 is 1.38 bits per heavy atom. The zero-order chi connectivity index (χ0) is 3.58. The van der Waals surface area contributed by atoms with Crippen LogP contribution in [0, 0.1) is 0 Å². The van der Waals surface area contributed by atoms with Crippen molar-refractivity contribution in [2.75, 3.05) is 0 Å². The molecule has 0 saturated carbocycles. The summed E-state index contributed by atoms with van der Waals surface area (Å²) in [6.07, 6.45) is 0. The lowest BCUT2D eigenvalue weighted by Gasteiger charge is -1.77. The molecule has 0 aliphatic carbocycles. The smallest absolute Gasteiger partial charge is 0.0383 e. The van der Waals surface area contributed by atoms with Crippen molar-refractivity contribution in [2.24, 2.45) is 0 Å². The second-order valence-corrected chi connectivity index (χ2v) is 0.492. The van der Waals surface area contributed by atoms with Crippen molar-refractivity contribution in [3.05, 3.63) is 0 Å². The third-order valence-corrected chi connectivity index (χ3v) is 0. The van der Waals surface area contributed by atoms with Gasteiger partial charge in [-0.15, -0.1) is 0 Å². The van der Waals surface area contributed by atoms with Crippen LogP contribution in [0.2, 0.25) is 0 Å². The summed E-state index contributed by atoms with van der Waals surface area (Å²) in [5.41, 5.74) is 0. The summed E-state index contributed by atoms with van der Waals surface area (Å²) in [5.74, 6) is -1.08. The molecule has 0 radical (unpaired) electrons. The van der Waals surface area contributed by atoms with Crippen LogP contribution in [0.3, 0.4) is 0 Å². The Labute approximate surface area is 58.3 Å². The van der Waals surface area contributed by atoms with E-state index in [1.165, 1.54) is 0 Å². The summed E-state index contributed by atoms with van der Waals surface area (Å²) in [5, 5.41) is 8.89. The van der Waals surface area contributed by atoms with E-state index in [4.69, 9.17) is 9.90 Å². The molecular formula is C2H13BrN2O3. The maximum absolute atomic E-state index is 8.89. The molecule has 0 aromatic carbocycles. The zero-order valence-corrected chi connectivity index (χ0v) is 6.78. The second-order valence-electron chi connectivity index (χ2n) is 0.492. The average Bonchev–Trinajstić information content (AvgIpc) is 0.811. The Kier molecular flexibility index (Phi) is 165. The van der Waals surface area contributed by atoms with Crippen LogP contribution in [0.5, 0.6) is 0 Å². The standard InChI is InChI=1S/C2H4O2.BrH.2H3N.H2O/c1-2(3)4;;;;/h1H3,(H,3,4);1H;2*1H3;1H2. The third-order valence-electron chi connectivity index (χ3n) is 0. The van der Waals surface area contributed by atoms with Gasteiger partial charge < -0.3 is 44.7 Å². The predicted molar refractivity (Wildman–Crippen MR) is 26.3 cm³/mol. The van der Waals surface area contributed by atoms with Crippen LogP contribution < -0.4 is 34.4 Å². The van der Waals surface area contributed by atoms with Gasteiger partial charge in [0.05, 0.1) is 0 Å². The fourth-order valence-corrected chi connectivity index (χ4v) is 0. The Morgan fingerprint density at radius 2 is 1.38 bits per heavy atom. The lowest BCUT2D eigenvalue weighted by molar-refractivity contribution is -0.302. The minimum atomic E-state index is -1.08. The van der Waals surface area contributed by atoms with E-state index in [-0.39, 0.29) is 34.8 Å². The van der Waals surface area contributed by atoms with Gasteiger partial charge in [0, 0.05) is 5.97 Å². The molecule has 0 aromatic rings. The highest BCUT2D eigenvalue weighted by atomic mass is 79.9. The highest BCUT2D eigenvalue weighted by Gasteiger charge is 1.46. The van der Waals surface area contributed by atoms with E-state index in [9.17, 15) is 0 Å². The highest BCUT2D eigenvalue weighted by Crippen LogP contribution is 1.31. The summed E-state index contributed by atoms with van der Waals surface area (Å²) in [7, 11) is 0. The van der Waals surface area contributed by atoms with E-state index in [0.29, 0.717) is 0 Å². The van der Waals surface area contributed by atoms with Gasteiger partial charge in [0.1, 0.15) is 0 Å². The number of hydrogen-bond donors (Lipinski definition) is 2. The van der Waals surface area contributed by atoms with Crippen molar-refractivity contribution >= 4 is 5.97 Å². The van der Waals surface area contributed by atoms with Crippen LogP contribution in [-0.2, 0) is 4.79 Å².